The van der Waals surface area contributed by atoms with Crippen molar-refractivity contribution < 1.29 is 4.79 Å². The van der Waals surface area contributed by atoms with Gasteiger partial charge in [-0.1, -0.05) is 36.4 Å². The SMILES string of the molecule is CC(C)(N)C(=O)c1ccc2ccccc2c1. The molecule has 0 saturated carbocycles. The van der Waals surface area contributed by atoms with E-state index in [9.17, 15) is 4.79 Å². The molecule has 0 aliphatic carbocycles. The molecule has 0 radical (unpaired) electrons. The summed E-state index contributed by atoms with van der Waals surface area (Å²) in [7, 11) is 0. The van der Waals surface area contributed by atoms with Crippen LogP contribution < -0.4 is 5.73 Å². The number of Topliss-reactive ketones (excluding diaryl/α,β-unsaturated/α-hetero) is 1. The zero-order valence-electron chi connectivity index (χ0n) is 9.53. The van der Waals surface area contributed by atoms with Gasteiger partial charge in [0, 0.05) is 5.56 Å². The molecule has 2 aromatic carbocycles. The van der Waals surface area contributed by atoms with Gasteiger partial charge in [-0.3, -0.25) is 4.79 Å². The average Bonchev–Trinajstić information content (AvgIpc) is 2.26. The Balaban J connectivity index is 2.52. The van der Waals surface area contributed by atoms with Crippen molar-refractivity contribution in [2.24, 2.45) is 5.73 Å². The first-order chi connectivity index (χ1) is 7.48. The monoisotopic (exact) mass is 213 g/mol. The lowest BCUT2D eigenvalue weighted by atomic mass is 9.93. The second kappa shape index (κ2) is 3.72. The van der Waals surface area contributed by atoms with Crippen molar-refractivity contribution in [3.05, 3.63) is 48.0 Å². The molecule has 2 aromatic rings. The number of carbonyl (C=O) groups is 1. The Morgan fingerprint density at radius 1 is 1.06 bits per heavy atom. The maximum absolute atomic E-state index is 12.0. The summed E-state index contributed by atoms with van der Waals surface area (Å²) >= 11 is 0. The van der Waals surface area contributed by atoms with Crippen LogP contribution in [-0.2, 0) is 0 Å². The molecule has 0 spiro atoms. The summed E-state index contributed by atoms with van der Waals surface area (Å²) in [6, 6.07) is 13.6. The number of carbonyl (C=O) groups excluding carboxylic acids is 1. The molecule has 2 heteroatoms. The normalized spacial score (nSPS) is 11.7. The van der Waals surface area contributed by atoms with Crippen LogP contribution in [0.3, 0.4) is 0 Å². The van der Waals surface area contributed by atoms with Crippen LogP contribution in [-0.4, -0.2) is 11.3 Å². The molecule has 0 fully saturated rings. The van der Waals surface area contributed by atoms with Gasteiger partial charge in [-0.05, 0) is 30.7 Å². The Labute approximate surface area is 95.1 Å². The molecule has 0 aromatic heterocycles. The Kier molecular flexibility index (Phi) is 2.52. The van der Waals surface area contributed by atoms with Crippen LogP contribution in [0.5, 0.6) is 0 Å². The lowest BCUT2D eigenvalue weighted by Gasteiger charge is -2.16. The van der Waals surface area contributed by atoms with Crippen molar-refractivity contribution in [3.63, 3.8) is 0 Å². The van der Waals surface area contributed by atoms with Crippen LogP contribution in [0.25, 0.3) is 10.8 Å². The second-order valence-corrected chi connectivity index (χ2v) is 4.61. The Hall–Kier alpha value is -1.67. The fourth-order valence-corrected chi connectivity index (χ4v) is 1.70. The lowest BCUT2D eigenvalue weighted by molar-refractivity contribution is 0.0913. The van der Waals surface area contributed by atoms with Crippen LogP contribution in [0, 0.1) is 0 Å². The molecule has 0 heterocycles. The van der Waals surface area contributed by atoms with Crippen molar-refractivity contribution in [1.82, 2.24) is 0 Å². The highest BCUT2D eigenvalue weighted by Gasteiger charge is 2.23. The minimum Gasteiger partial charge on any atom is -0.319 e. The zero-order chi connectivity index (χ0) is 11.8. The topological polar surface area (TPSA) is 43.1 Å². The number of hydrogen-bond donors (Lipinski definition) is 1. The first-order valence-corrected chi connectivity index (χ1v) is 5.31. The highest BCUT2D eigenvalue weighted by molar-refractivity contribution is 6.05. The van der Waals surface area contributed by atoms with Crippen molar-refractivity contribution in [3.8, 4) is 0 Å². The molecule has 0 aliphatic heterocycles. The third-order valence-electron chi connectivity index (χ3n) is 2.60. The van der Waals surface area contributed by atoms with Gasteiger partial charge >= 0.3 is 0 Å². The van der Waals surface area contributed by atoms with Gasteiger partial charge in [0.05, 0.1) is 5.54 Å². The minimum atomic E-state index is -0.817. The summed E-state index contributed by atoms with van der Waals surface area (Å²) in [4.78, 5) is 12.0. The molecule has 2 nitrogen and oxygen atoms in total. The van der Waals surface area contributed by atoms with E-state index in [1.807, 2.05) is 42.5 Å². The quantitative estimate of drug-likeness (QED) is 0.779. The van der Waals surface area contributed by atoms with E-state index in [2.05, 4.69) is 0 Å². The lowest BCUT2D eigenvalue weighted by Crippen LogP contribution is -2.41. The molecule has 0 amide bonds. The summed E-state index contributed by atoms with van der Waals surface area (Å²) < 4.78 is 0. The summed E-state index contributed by atoms with van der Waals surface area (Å²) in [5.74, 6) is -0.0294. The smallest absolute Gasteiger partial charge is 0.182 e. The Bertz CT molecular complexity index is 538. The maximum Gasteiger partial charge on any atom is 0.182 e. The van der Waals surface area contributed by atoms with E-state index in [1.54, 1.807) is 13.8 Å². The van der Waals surface area contributed by atoms with Crippen LogP contribution in [0.1, 0.15) is 24.2 Å². The minimum absolute atomic E-state index is 0.0294. The van der Waals surface area contributed by atoms with Crippen molar-refractivity contribution in [2.75, 3.05) is 0 Å². The molecule has 82 valence electrons. The fourth-order valence-electron chi connectivity index (χ4n) is 1.70. The molecule has 16 heavy (non-hydrogen) atoms. The number of rotatable bonds is 2. The van der Waals surface area contributed by atoms with E-state index in [-0.39, 0.29) is 5.78 Å². The number of benzene rings is 2. The number of nitrogens with two attached hydrogens (primary N) is 1. The van der Waals surface area contributed by atoms with E-state index in [1.165, 1.54) is 0 Å². The van der Waals surface area contributed by atoms with Gasteiger partial charge in [0.1, 0.15) is 0 Å². The molecule has 2 N–H and O–H groups in total. The third kappa shape index (κ3) is 1.97. The molecular formula is C14H15NO. The van der Waals surface area contributed by atoms with E-state index in [4.69, 9.17) is 5.73 Å². The number of fused-ring (bicyclic) bond motifs is 1. The molecule has 0 bridgehead atoms. The van der Waals surface area contributed by atoms with Crippen LogP contribution in [0.15, 0.2) is 42.5 Å². The largest absolute Gasteiger partial charge is 0.319 e. The number of ketones is 1. The third-order valence-corrected chi connectivity index (χ3v) is 2.60. The molecular weight excluding hydrogens is 198 g/mol. The van der Waals surface area contributed by atoms with E-state index in [0.717, 1.165) is 10.8 Å². The zero-order valence-corrected chi connectivity index (χ0v) is 9.53. The van der Waals surface area contributed by atoms with E-state index >= 15 is 0 Å². The molecule has 0 saturated heterocycles. The van der Waals surface area contributed by atoms with Gasteiger partial charge in [0.25, 0.3) is 0 Å². The highest BCUT2D eigenvalue weighted by Crippen LogP contribution is 2.18. The van der Waals surface area contributed by atoms with E-state index in [0.29, 0.717) is 5.56 Å². The van der Waals surface area contributed by atoms with Crippen molar-refractivity contribution in [2.45, 2.75) is 19.4 Å². The average molecular weight is 213 g/mol. The molecule has 0 unspecified atom stereocenters. The van der Waals surface area contributed by atoms with Gasteiger partial charge in [0.15, 0.2) is 5.78 Å². The van der Waals surface area contributed by atoms with Gasteiger partial charge < -0.3 is 5.73 Å². The van der Waals surface area contributed by atoms with Gasteiger partial charge in [-0.2, -0.15) is 0 Å². The van der Waals surface area contributed by atoms with Crippen LogP contribution >= 0.6 is 0 Å². The first kappa shape index (κ1) is 10.8. The van der Waals surface area contributed by atoms with Crippen molar-refractivity contribution in [1.29, 1.82) is 0 Å². The summed E-state index contributed by atoms with van der Waals surface area (Å²) in [6.45, 7) is 3.45. The molecule has 2 rings (SSSR count). The maximum atomic E-state index is 12.0. The summed E-state index contributed by atoms with van der Waals surface area (Å²) in [6.07, 6.45) is 0. The summed E-state index contributed by atoms with van der Waals surface area (Å²) in [5.41, 5.74) is 5.66. The molecule has 0 atom stereocenters. The molecule has 0 aliphatic rings. The van der Waals surface area contributed by atoms with Gasteiger partial charge in [0.2, 0.25) is 0 Å². The predicted molar refractivity (Wildman–Crippen MR) is 66.5 cm³/mol. The Morgan fingerprint density at radius 3 is 2.31 bits per heavy atom. The van der Waals surface area contributed by atoms with Gasteiger partial charge in [-0.15, -0.1) is 0 Å². The first-order valence-electron chi connectivity index (χ1n) is 5.31. The van der Waals surface area contributed by atoms with Crippen LogP contribution in [0.4, 0.5) is 0 Å². The van der Waals surface area contributed by atoms with E-state index < -0.39 is 5.54 Å². The van der Waals surface area contributed by atoms with Crippen molar-refractivity contribution >= 4 is 16.6 Å². The standard InChI is InChI=1S/C14H15NO/c1-14(2,15)13(16)12-8-7-10-5-3-4-6-11(10)9-12/h3-9H,15H2,1-2H3. The number of hydrogen-bond acceptors (Lipinski definition) is 2. The second-order valence-electron chi connectivity index (χ2n) is 4.61. The fraction of sp³-hybridized carbons (Fsp3) is 0.214. The highest BCUT2D eigenvalue weighted by atomic mass is 16.1. The predicted octanol–water partition coefficient (Wildman–Crippen LogP) is 2.76. The van der Waals surface area contributed by atoms with Crippen LogP contribution in [0.2, 0.25) is 0 Å². The Morgan fingerprint density at radius 2 is 1.69 bits per heavy atom. The van der Waals surface area contributed by atoms with Gasteiger partial charge in [-0.25, -0.2) is 0 Å². The summed E-state index contributed by atoms with van der Waals surface area (Å²) in [5, 5.41) is 2.20.